The van der Waals surface area contributed by atoms with Gasteiger partial charge in [-0.25, -0.2) is 4.39 Å². The molecule has 4 nitrogen and oxygen atoms in total. The smallest absolute Gasteiger partial charge is 0.125 e. The van der Waals surface area contributed by atoms with E-state index in [-0.39, 0.29) is 5.82 Å². The second-order valence-corrected chi connectivity index (χ2v) is 6.10. The Hall–Kier alpha value is -1.17. The highest BCUT2D eigenvalue weighted by atomic mass is 19.1. The maximum atomic E-state index is 13.5. The summed E-state index contributed by atoms with van der Waals surface area (Å²) in [5.41, 5.74) is 6.63. The fourth-order valence-corrected chi connectivity index (χ4v) is 2.65. The summed E-state index contributed by atoms with van der Waals surface area (Å²) in [6.45, 7) is 8.07. The SMILES string of the molecule is CC(C)(O)CN1CCN(c2cc(F)cc(CN)c2)CC1. The van der Waals surface area contributed by atoms with Crippen LogP contribution in [0.1, 0.15) is 19.4 Å². The van der Waals surface area contributed by atoms with Gasteiger partial charge < -0.3 is 15.7 Å². The minimum absolute atomic E-state index is 0.234. The highest BCUT2D eigenvalue weighted by Crippen LogP contribution is 2.20. The summed E-state index contributed by atoms with van der Waals surface area (Å²) in [7, 11) is 0. The molecule has 20 heavy (non-hydrogen) atoms. The summed E-state index contributed by atoms with van der Waals surface area (Å²) in [5, 5.41) is 9.84. The Labute approximate surface area is 120 Å². The number of nitrogens with two attached hydrogens (primary N) is 1. The molecular formula is C15H24FN3O. The largest absolute Gasteiger partial charge is 0.389 e. The number of halogens is 1. The van der Waals surface area contributed by atoms with Gasteiger partial charge >= 0.3 is 0 Å². The molecule has 1 aromatic rings. The second kappa shape index (κ2) is 6.08. The van der Waals surface area contributed by atoms with Crippen molar-refractivity contribution < 1.29 is 9.50 Å². The van der Waals surface area contributed by atoms with Crippen molar-refractivity contribution in [3.63, 3.8) is 0 Å². The van der Waals surface area contributed by atoms with Gasteiger partial charge in [0, 0.05) is 45.0 Å². The Morgan fingerprint density at radius 3 is 2.40 bits per heavy atom. The van der Waals surface area contributed by atoms with E-state index in [2.05, 4.69) is 9.80 Å². The van der Waals surface area contributed by atoms with Crippen LogP contribution in [0.15, 0.2) is 18.2 Å². The molecule has 1 aliphatic heterocycles. The van der Waals surface area contributed by atoms with Gasteiger partial charge in [-0.3, -0.25) is 4.90 Å². The summed E-state index contributed by atoms with van der Waals surface area (Å²) in [6, 6.07) is 4.99. The van der Waals surface area contributed by atoms with Crippen LogP contribution in [-0.2, 0) is 6.54 Å². The molecule has 0 atom stereocenters. The van der Waals surface area contributed by atoms with Gasteiger partial charge in [-0.15, -0.1) is 0 Å². The topological polar surface area (TPSA) is 52.7 Å². The number of hydrogen-bond acceptors (Lipinski definition) is 4. The first-order chi connectivity index (χ1) is 9.37. The number of benzene rings is 1. The van der Waals surface area contributed by atoms with Crippen molar-refractivity contribution >= 4 is 5.69 Å². The number of anilines is 1. The number of hydrogen-bond donors (Lipinski definition) is 2. The molecule has 0 unspecified atom stereocenters. The molecule has 0 amide bonds. The zero-order valence-corrected chi connectivity index (χ0v) is 12.3. The van der Waals surface area contributed by atoms with E-state index in [0.29, 0.717) is 13.1 Å². The lowest BCUT2D eigenvalue weighted by atomic mass is 10.1. The summed E-state index contributed by atoms with van der Waals surface area (Å²) < 4.78 is 13.5. The highest BCUT2D eigenvalue weighted by molar-refractivity contribution is 5.49. The maximum absolute atomic E-state index is 13.5. The summed E-state index contributed by atoms with van der Waals surface area (Å²) in [5.74, 6) is -0.234. The number of β-amino-alcohol motifs (C(OH)–C–C–N with tert-alkyl or cyclic N) is 1. The van der Waals surface area contributed by atoms with Crippen molar-refractivity contribution in [2.24, 2.45) is 5.73 Å². The summed E-state index contributed by atoms with van der Waals surface area (Å²) >= 11 is 0. The van der Waals surface area contributed by atoms with Gasteiger partial charge in [-0.2, -0.15) is 0 Å². The molecule has 0 saturated carbocycles. The van der Waals surface area contributed by atoms with Crippen molar-refractivity contribution in [1.29, 1.82) is 0 Å². The molecule has 112 valence electrons. The minimum atomic E-state index is -0.673. The van der Waals surface area contributed by atoms with Crippen LogP contribution >= 0.6 is 0 Å². The zero-order valence-electron chi connectivity index (χ0n) is 12.3. The lowest BCUT2D eigenvalue weighted by Gasteiger charge is -2.38. The van der Waals surface area contributed by atoms with E-state index < -0.39 is 5.60 Å². The Morgan fingerprint density at radius 2 is 1.85 bits per heavy atom. The van der Waals surface area contributed by atoms with Crippen molar-refractivity contribution in [1.82, 2.24) is 4.90 Å². The maximum Gasteiger partial charge on any atom is 0.125 e. The summed E-state index contributed by atoms with van der Waals surface area (Å²) in [4.78, 5) is 4.41. The van der Waals surface area contributed by atoms with E-state index in [9.17, 15) is 9.50 Å². The third-order valence-electron chi connectivity index (χ3n) is 3.53. The van der Waals surface area contributed by atoms with E-state index in [0.717, 1.165) is 37.4 Å². The molecule has 1 saturated heterocycles. The van der Waals surface area contributed by atoms with Crippen LogP contribution in [0.5, 0.6) is 0 Å². The zero-order chi connectivity index (χ0) is 14.8. The number of aliphatic hydroxyl groups is 1. The van der Waals surface area contributed by atoms with Crippen LogP contribution in [0.25, 0.3) is 0 Å². The van der Waals surface area contributed by atoms with Gasteiger partial charge in [0.25, 0.3) is 0 Å². The third-order valence-corrected chi connectivity index (χ3v) is 3.53. The lowest BCUT2D eigenvalue weighted by Crippen LogP contribution is -2.50. The molecule has 0 aromatic heterocycles. The first kappa shape index (κ1) is 15.2. The Morgan fingerprint density at radius 1 is 1.20 bits per heavy atom. The molecule has 5 heteroatoms. The van der Waals surface area contributed by atoms with Gasteiger partial charge in [0.15, 0.2) is 0 Å². The third kappa shape index (κ3) is 4.16. The van der Waals surface area contributed by atoms with Crippen LogP contribution in [0.4, 0.5) is 10.1 Å². The Bertz CT molecular complexity index is 451. The quantitative estimate of drug-likeness (QED) is 0.870. The predicted molar refractivity (Wildman–Crippen MR) is 79.2 cm³/mol. The van der Waals surface area contributed by atoms with Gasteiger partial charge in [0.1, 0.15) is 5.82 Å². The van der Waals surface area contributed by atoms with E-state index in [4.69, 9.17) is 5.73 Å². The molecule has 0 spiro atoms. The molecule has 0 radical (unpaired) electrons. The average Bonchev–Trinajstić information content (AvgIpc) is 2.37. The molecule has 0 aliphatic carbocycles. The second-order valence-electron chi connectivity index (χ2n) is 6.10. The lowest BCUT2D eigenvalue weighted by molar-refractivity contribution is 0.0345. The van der Waals surface area contributed by atoms with Crippen molar-refractivity contribution in [2.45, 2.75) is 26.0 Å². The molecule has 1 heterocycles. The van der Waals surface area contributed by atoms with Gasteiger partial charge in [0.05, 0.1) is 5.60 Å². The van der Waals surface area contributed by atoms with Crippen LogP contribution in [0, 0.1) is 5.82 Å². The van der Waals surface area contributed by atoms with Crippen molar-refractivity contribution in [3.05, 3.63) is 29.6 Å². The Kier molecular flexibility index (Phi) is 4.62. The standard InChI is InChI=1S/C15H24FN3O/c1-15(2,20)11-18-3-5-19(6-4-18)14-8-12(10-17)7-13(16)9-14/h7-9,20H,3-6,10-11,17H2,1-2H3. The van der Waals surface area contributed by atoms with Crippen LogP contribution in [0.2, 0.25) is 0 Å². The molecule has 3 N–H and O–H groups in total. The molecule has 0 bridgehead atoms. The molecule has 1 aromatic carbocycles. The van der Waals surface area contributed by atoms with Crippen LogP contribution in [-0.4, -0.2) is 48.3 Å². The summed E-state index contributed by atoms with van der Waals surface area (Å²) in [6.07, 6.45) is 0. The van der Waals surface area contributed by atoms with E-state index in [1.165, 1.54) is 6.07 Å². The van der Waals surface area contributed by atoms with Crippen LogP contribution < -0.4 is 10.6 Å². The average molecular weight is 281 g/mol. The number of rotatable bonds is 4. The Balaban J connectivity index is 1.98. The van der Waals surface area contributed by atoms with Gasteiger partial charge in [0.2, 0.25) is 0 Å². The van der Waals surface area contributed by atoms with E-state index in [1.807, 2.05) is 19.9 Å². The number of nitrogens with zero attached hydrogens (tertiary/aromatic N) is 2. The van der Waals surface area contributed by atoms with E-state index in [1.54, 1.807) is 6.07 Å². The molecule has 2 rings (SSSR count). The molecule has 1 aliphatic rings. The minimum Gasteiger partial charge on any atom is -0.389 e. The molecule has 1 fully saturated rings. The van der Waals surface area contributed by atoms with Gasteiger partial charge in [-0.05, 0) is 37.6 Å². The number of piperazine rings is 1. The first-order valence-electron chi connectivity index (χ1n) is 7.06. The van der Waals surface area contributed by atoms with Gasteiger partial charge in [-0.1, -0.05) is 0 Å². The first-order valence-corrected chi connectivity index (χ1v) is 7.06. The fraction of sp³-hybridized carbons (Fsp3) is 0.600. The normalized spacial score (nSPS) is 17.6. The highest BCUT2D eigenvalue weighted by Gasteiger charge is 2.23. The molecular weight excluding hydrogens is 257 g/mol. The van der Waals surface area contributed by atoms with Crippen molar-refractivity contribution in [3.8, 4) is 0 Å². The predicted octanol–water partition coefficient (Wildman–Crippen LogP) is 1.18. The van der Waals surface area contributed by atoms with Crippen LogP contribution in [0.3, 0.4) is 0 Å². The monoisotopic (exact) mass is 281 g/mol. The van der Waals surface area contributed by atoms with Crippen molar-refractivity contribution in [2.75, 3.05) is 37.6 Å². The van der Waals surface area contributed by atoms with E-state index >= 15 is 0 Å². The fourth-order valence-electron chi connectivity index (χ4n) is 2.65.